The number of hydrogen-bond acceptors (Lipinski definition) is 1. The third-order valence-corrected chi connectivity index (χ3v) is 4.39. The fraction of sp³-hybridized carbons (Fsp3) is 0.400. The number of rotatable bonds is 1. The maximum Gasteiger partial charge on any atom is 0.317 e. The van der Waals surface area contributed by atoms with Gasteiger partial charge in [-0.2, -0.15) is 0 Å². The summed E-state index contributed by atoms with van der Waals surface area (Å²) in [7, 11) is 0. The van der Waals surface area contributed by atoms with E-state index in [4.69, 9.17) is 0 Å². The minimum Gasteiger partial charge on any atom is -0.480 e. The van der Waals surface area contributed by atoms with Gasteiger partial charge in [-0.1, -0.05) is 18.2 Å². The van der Waals surface area contributed by atoms with E-state index in [9.17, 15) is 9.90 Å². The number of hydrogen-bond donors (Lipinski definition) is 1. The highest BCUT2D eigenvalue weighted by atomic mass is 16.4. The van der Waals surface area contributed by atoms with Crippen LogP contribution in [0.1, 0.15) is 34.1 Å². The number of aliphatic carboxylic acids is 1. The van der Waals surface area contributed by atoms with Crippen molar-refractivity contribution in [2.24, 2.45) is 5.41 Å². The molecular formula is C15H18O2. The summed E-state index contributed by atoms with van der Waals surface area (Å²) in [6.45, 7) is 7.72. The van der Waals surface area contributed by atoms with Crippen molar-refractivity contribution in [3.8, 4) is 0 Å². The fourth-order valence-corrected chi connectivity index (χ4v) is 2.75. The smallest absolute Gasteiger partial charge is 0.317 e. The van der Waals surface area contributed by atoms with E-state index in [-0.39, 0.29) is 0 Å². The van der Waals surface area contributed by atoms with Crippen molar-refractivity contribution in [3.63, 3.8) is 0 Å². The van der Waals surface area contributed by atoms with Crippen LogP contribution in [0.4, 0.5) is 0 Å². The van der Waals surface area contributed by atoms with Crippen LogP contribution >= 0.6 is 0 Å². The lowest BCUT2D eigenvalue weighted by Gasteiger charge is -2.37. The Hall–Kier alpha value is -1.57. The quantitative estimate of drug-likeness (QED) is 0.746. The Labute approximate surface area is 102 Å². The molecule has 2 rings (SSSR count). The van der Waals surface area contributed by atoms with E-state index in [1.54, 1.807) is 0 Å². The maximum atomic E-state index is 11.6. The van der Waals surface area contributed by atoms with Crippen LogP contribution in [0.3, 0.4) is 0 Å². The minimum atomic E-state index is -0.845. The Kier molecular flexibility index (Phi) is 2.61. The van der Waals surface area contributed by atoms with Gasteiger partial charge in [0, 0.05) is 0 Å². The summed E-state index contributed by atoms with van der Waals surface area (Å²) < 4.78 is 0. The summed E-state index contributed by atoms with van der Waals surface area (Å²) >= 11 is 0. The monoisotopic (exact) mass is 230 g/mol. The normalized spacial score (nSPS) is 28.1. The molecule has 1 atom stereocenters. The van der Waals surface area contributed by atoms with E-state index in [1.165, 1.54) is 11.1 Å². The molecule has 0 fully saturated rings. The van der Waals surface area contributed by atoms with Crippen molar-refractivity contribution in [1.82, 2.24) is 0 Å². The average Bonchev–Trinajstić information content (AvgIpc) is 2.33. The third-order valence-electron chi connectivity index (χ3n) is 4.39. The number of carbonyl (C=O) groups is 1. The van der Waals surface area contributed by atoms with E-state index in [0.717, 1.165) is 23.1 Å². The number of allylic oxidation sites excluding steroid dienone is 6. The van der Waals surface area contributed by atoms with E-state index in [1.807, 2.05) is 33.8 Å². The van der Waals surface area contributed by atoms with Crippen molar-refractivity contribution in [2.75, 3.05) is 0 Å². The molecule has 0 saturated carbocycles. The van der Waals surface area contributed by atoms with Crippen LogP contribution in [0, 0.1) is 5.41 Å². The number of carboxylic acid groups (broad SMARTS) is 1. The molecule has 90 valence electrons. The van der Waals surface area contributed by atoms with Crippen molar-refractivity contribution in [2.45, 2.75) is 34.1 Å². The lowest BCUT2D eigenvalue weighted by atomic mass is 9.66. The standard InChI is InChI=1S/C15H18O2/c1-9-10(2)15(4,14(16)17)11(3)13-8-6-5-7-12(9)13/h5-7H,8H2,1-4H3,(H,16,17). The molecule has 0 aromatic heterocycles. The molecule has 2 aliphatic carbocycles. The van der Waals surface area contributed by atoms with Gasteiger partial charge in [0.05, 0.1) is 0 Å². The summed E-state index contributed by atoms with van der Waals surface area (Å²) in [4.78, 5) is 11.6. The molecule has 0 amide bonds. The van der Waals surface area contributed by atoms with Crippen molar-refractivity contribution in [3.05, 3.63) is 46.1 Å². The second-order valence-corrected chi connectivity index (χ2v) is 5.00. The van der Waals surface area contributed by atoms with Crippen LogP contribution in [0.2, 0.25) is 0 Å². The largest absolute Gasteiger partial charge is 0.480 e. The van der Waals surface area contributed by atoms with Crippen LogP contribution in [0.5, 0.6) is 0 Å². The average molecular weight is 230 g/mol. The summed E-state index contributed by atoms with van der Waals surface area (Å²) in [5.74, 6) is -0.757. The topological polar surface area (TPSA) is 37.3 Å². The first kappa shape index (κ1) is 11.9. The highest BCUT2D eigenvalue weighted by molar-refractivity contribution is 5.85. The van der Waals surface area contributed by atoms with Gasteiger partial charge in [-0.3, -0.25) is 4.79 Å². The zero-order valence-corrected chi connectivity index (χ0v) is 10.8. The lowest BCUT2D eigenvalue weighted by Crippen LogP contribution is -2.34. The first-order valence-corrected chi connectivity index (χ1v) is 5.89. The fourth-order valence-electron chi connectivity index (χ4n) is 2.75. The van der Waals surface area contributed by atoms with Crippen molar-refractivity contribution in [1.29, 1.82) is 0 Å². The zero-order valence-electron chi connectivity index (χ0n) is 10.8. The van der Waals surface area contributed by atoms with E-state index >= 15 is 0 Å². The molecular weight excluding hydrogens is 212 g/mol. The molecule has 17 heavy (non-hydrogen) atoms. The van der Waals surface area contributed by atoms with Gasteiger partial charge in [0.25, 0.3) is 0 Å². The Bertz CT molecular complexity index is 515. The second kappa shape index (κ2) is 3.73. The zero-order chi connectivity index (χ0) is 12.8. The van der Waals surface area contributed by atoms with E-state index < -0.39 is 11.4 Å². The molecule has 2 aliphatic rings. The SMILES string of the molecule is CC1=C(C)C(C)(C(=O)O)C(C)=C2CC=CC=C12. The van der Waals surface area contributed by atoms with Gasteiger partial charge in [-0.15, -0.1) is 0 Å². The predicted molar refractivity (Wildman–Crippen MR) is 68.7 cm³/mol. The summed E-state index contributed by atoms with van der Waals surface area (Å²) in [6, 6.07) is 0. The van der Waals surface area contributed by atoms with Gasteiger partial charge >= 0.3 is 5.97 Å². The van der Waals surface area contributed by atoms with Gasteiger partial charge in [-0.05, 0) is 62.0 Å². The summed E-state index contributed by atoms with van der Waals surface area (Å²) in [5, 5.41) is 9.54. The summed E-state index contributed by atoms with van der Waals surface area (Å²) in [6.07, 6.45) is 7.05. The first-order chi connectivity index (χ1) is 7.90. The minimum absolute atomic E-state index is 0.757. The van der Waals surface area contributed by atoms with Gasteiger partial charge in [0.15, 0.2) is 0 Å². The van der Waals surface area contributed by atoms with Crippen molar-refractivity contribution >= 4 is 5.97 Å². The first-order valence-electron chi connectivity index (χ1n) is 5.89. The lowest BCUT2D eigenvalue weighted by molar-refractivity contribution is -0.143. The Morgan fingerprint density at radius 2 is 1.94 bits per heavy atom. The predicted octanol–water partition coefficient (Wildman–Crippen LogP) is 3.63. The molecule has 0 aromatic rings. The molecule has 0 bridgehead atoms. The van der Waals surface area contributed by atoms with Crippen LogP contribution in [0.15, 0.2) is 46.1 Å². The Balaban J connectivity index is 2.73. The molecule has 0 heterocycles. The van der Waals surface area contributed by atoms with Gasteiger partial charge in [0.1, 0.15) is 5.41 Å². The molecule has 1 unspecified atom stereocenters. The van der Waals surface area contributed by atoms with Crippen LogP contribution in [0.25, 0.3) is 0 Å². The van der Waals surface area contributed by atoms with Crippen LogP contribution < -0.4 is 0 Å². The molecule has 0 aliphatic heterocycles. The van der Waals surface area contributed by atoms with Crippen LogP contribution in [-0.2, 0) is 4.79 Å². The molecule has 0 spiro atoms. The molecule has 1 N–H and O–H groups in total. The van der Waals surface area contributed by atoms with Crippen LogP contribution in [-0.4, -0.2) is 11.1 Å². The molecule has 2 nitrogen and oxygen atoms in total. The van der Waals surface area contributed by atoms with Gasteiger partial charge < -0.3 is 5.11 Å². The van der Waals surface area contributed by atoms with Gasteiger partial charge in [-0.25, -0.2) is 0 Å². The van der Waals surface area contributed by atoms with Gasteiger partial charge in [0.2, 0.25) is 0 Å². The maximum absolute atomic E-state index is 11.6. The molecule has 2 heteroatoms. The highest BCUT2D eigenvalue weighted by Gasteiger charge is 2.42. The third kappa shape index (κ3) is 1.43. The number of fused-ring (bicyclic) bond motifs is 1. The Morgan fingerprint density at radius 1 is 1.29 bits per heavy atom. The molecule has 0 saturated heterocycles. The highest BCUT2D eigenvalue weighted by Crippen LogP contribution is 2.48. The number of carboxylic acids is 1. The molecule has 0 radical (unpaired) electrons. The Morgan fingerprint density at radius 3 is 2.53 bits per heavy atom. The van der Waals surface area contributed by atoms with E-state index in [2.05, 4.69) is 12.2 Å². The van der Waals surface area contributed by atoms with E-state index in [0.29, 0.717) is 0 Å². The summed E-state index contributed by atoms with van der Waals surface area (Å²) in [5.41, 5.74) is 4.58. The molecule has 0 aromatic carbocycles. The second-order valence-electron chi connectivity index (χ2n) is 5.00. The van der Waals surface area contributed by atoms with Crippen molar-refractivity contribution < 1.29 is 9.90 Å².